The molecule has 0 bridgehead atoms. The molecule has 0 saturated heterocycles. The Morgan fingerprint density at radius 1 is 1.13 bits per heavy atom. The molecule has 4 heteroatoms. The molecule has 0 amide bonds. The average Bonchev–Trinajstić information content (AvgIpc) is 2.86. The van der Waals surface area contributed by atoms with Crippen LogP contribution in [-0.4, -0.2) is 24.3 Å². The molecule has 2 aromatic carbocycles. The number of carbonyl (C=O) groups is 1. The highest BCUT2D eigenvalue weighted by Gasteiger charge is 2.22. The van der Waals surface area contributed by atoms with E-state index in [4.69, 9.17) is 9.47 Å². The topological polar surface area (TPSA) is 40.5 Å². The number of hydrogen-bond acceptors (Lipinski definition) is 3. The van der Waals surface area contributed by atoms with Crippen LogP contribution in [0.1, 0.15) is 23.0 Å². The van der Waals surface area contributed by atoms with E-state index in [2.05, 4.69) is 4.57 Å². The Labute approximate surface area is 135 Å². The molecule has 0 fully saturated rings. The first-order valence-corrected chi connectivity index (χ1v) is 7.59. The summed E-state index contributed by atoms with van der Waals surface area (Å²) in [5.41, 5.74) is 3.41. The molecule has 0 unspecified atom stereocenters. The summed E-state index contributed by atoms with van der Waals surface area (Å²) >= 11 is 0. The number of aromatic nitrogens is 1. The summed E-state index contributed by atoms with van der Waals surface area (Å²) in [5.74, 6) is 0.409. The fraction of sp³-hybridized carbons (Fsp3) is 0.211. The van der Waals surface area contributed by atoms with Crippen molar-refractivity contribution in [2.24, 2.45) is 0 Å². The minimum Gasteiger partial charge on any atom is -0.497 e. The van der Waals surface area contributed by atoms with Crippen LogP contribution in [0.4, 0.5) is 0 Å². The van der Waals surface area contributed by atoms with E-state index < -0.39 is 0 Å². The van der Waals surface area contributed by atoms with Crippen LogP contribution >= 0.6 is 0 Å². The second kappa shape index (κ2) is 6.16. The van der Waals surface area contributed by atoms with Crippen molar-refractivity contribution in [1.29, 1.82) is 0 Å². The molecule has 0 aliphatic rings. The number of para-hydroxylation sites is 1. The van der Waals surface area contributed by atoms with E-state index in [1.54, 1.807) is 7.11 Å². The van der Waals surface area contributed by atoms with Crippen LogP contribution in [0.15, 0.2) is 48.5 Å². The van der Waals surface area contributed by atoms with Crippen molar-refractivity contribution in [3.63, 3.8) is 0 Å². The number of ether oxygens (including phenoxy) is 2. The van der Waals surface area contributed by atoms with Gasteiger partial charge in [-0.1, -0.05) is 18.2 Å². The second-order valence-electron chi connectivity index (χ2n) is 5.23. The summed E-state index contributed by atoms with van der Waals surface area (Å²) in [6, 6.07) is 15.7. The Hall–Kier alpha value is -2.75. The van der Waals surface area contributed by atoms with Crippen LogP contribution < -0.4 is 4.74 Å². The molecule has 3 rings (SSSR count). The Morgan fingerprint density at radius 2 is 1.87 bits per heavy atom. The molecule has 1 heterocycles. The maximum absolute atomic E-state index is 12.4. The minimum atomic E-state index is -0.307. The van der Waals surface area contributed by atoms with Crippen molar-refractivity contribution >= 4 is 16.9 Å². The van der Waals surface area contributed by atoms with Crippen molar-refractivity contribution in [3.8, 4) is 11.4 Å². The van der Waals surface area contributed by atoms with Crippen molar-refractivity contribution in [3.05, 3.63) is 59.8 Å². The van der Waals surface area contributed by atoms with Gasteiger partial charge in [0, 0.05) is 16.8 Å². The Balaban J connectivity index is 2.33. The summed E-state index contributed by atoms with van der Waals surface area (Å²) in [7, 11) is 1.62. The Morgan fingerprint density at radius 3 is 2.52 bits per heavy atom. The highest BCUT2D eigenvalue weighted by molar-refractivity contribution is 6.07. The Bertz CT molecular complexity index is 850. The van der Waals surface area contributed by atoms with Gasteiger partial charge < -0.3 is 14.0 Å². The first kappa shape index (κ1) is 15.2. The minimum absolute atomic E-state index is 0.307. The number of hydrogen-bond donors (Lipinski definition) is 0. The summed E-state index contributed by atoms with van der Waals surface area (Å²) in [6.07, 6.45) is 0. The molecule has 0 saturated carbocycles. The van der Waals surface area contributed by atoms with Crippen LogP contribution in [0.3, 0.4) is 0 Å². The number of methoxy groups -OCH3 is 1. The van der Waals surface area contributed by atoms with Crippen LogP contribution in [0, 0.1) is 6.92 Å². The summed E-state index contributed by atoms with van der Waals surface area (Å²) in [6.45, 7) is 4.09. The predicted molar refractivity (Wildman–Crippen MR) is 90.5 cm³/mol. The fourth-order valence-electron chi connectivity index (χ4n) is 2.90. The standard InChI is InChI=1S/C19H19NO3/c1-4-23-19(21)18-13(2)20(14-8-6-5-7-9-14)17-11-10-15(22-3)12-16(17)18/h5-12H,4H2,1-3H3. The van der Waals surface area contributed by atoms with E-state index in [0.717, 1.165) is 22.3 Å². The van der Waals surface area contributed by atoms with Gasteiger partial charge in [0.1, 0.15) is 5.75 Å². The molecule has 118 valence electrons. The molecule has 0 spiro atoms. The highest BCUT2D eigenvalue weighted by atomic mass is 16.5. The quantitative estimate of drug-likeness (QED) is 0.681. The number of nitrogens with zero attached hydrogens (tertiary/aromatic N) is 1. The molecule has 0 aliphatic carbocycles. The molecule has 0 radical (unpaired) electrons. The van der Waals surface area contributed by atoms with E-state index in [0.29, 0.717) is 17.9 Å². The molecule has 0 aliphatic heterocycles. The van der Waals surface area contributed by atoms with E-state index in [1.165, 1.54) is 0 Å². The van der Waals surface area contributed by atoms with E-state index in [-0.39, 0.29) is 5.97 Å². The lowest BCUT2D eigenvalue weighted by Crippen LogP contribution is -2.07. The normalized spacial score (nSPS) is 10.7. The zero-order valence-corrected chi connectivity index (χ0v) is 13.5. The number of esters is 1. The lowest BCUT2D eigenvalue weighted by Gasteiger charge is -2.08. The fourth-order valence-corrected chi connectivity index (χ4v) is 2.90. The molecule has 0 N–H and O–H groups in total. The largest absolute Gasteiger partial charge is 0.497 e. The monoisotopic (exact) mass is 309 g/mol. The van der Waals surface area contributed by atoms with Crippen LogP contribution in [0.5, 0.6) is 5.75 Å². The molecular formula is C19H19NO3. The van der Waals surface area contributed by atoms with Crippen LogP contribution in [-0.2, 0) is 4.74 Å². The van der Waals surface area contributed by atoms with Gasteiger partial charge >= 0.3 is 5.97 Å². The van der Waals surface area contributed by atoms with Crippen molar-refractivity contribution in [2.45, 2.75) is 13.8 Å². The van der Waals surface area contributed by atoms with Crippen LogP contribution in [0.2, 0.25) is 0 Å². The van der Waals surface area contributed by atoms with Gasteiger partial charge in [0.2, 0.25) is 0 Å². The summed E-state index contributed by atoms with van der Waals surface area (Å²) < 4.78 is 12.6. The number of fused-ring (bicyclic) bond motifs is 1. The van der Waals surface area contributed by atoms with Gasteiger partial charge in [0.05, 0.1) is 24.8 Å². The molecule has 0 atom stereocenters. The molecule has 4 nitrogen and oxygen atoms in total. The molecule has 1 aromatic heterocycles. The van der Waals surface area contributed by atoms with Gasteiger partial charge in [0.15, 0.2) is 0 Å². The van der Waals surface area contributed by atoms with Gasteiger partial charge in [0.25, 0.3) is 0 Å². The molecular weight excluding hydrogens is 290 g/mol. The third-order valence-electron chi connectivity index (χ3n) is 3.91. The average molecular weight is 309 g/mol. The number of rotatable bonds is 4. The number of carbonyl (C=O) groups excluding carboxylic acids is 1. The van der Waals surface area contributed by atoms with E-state index in [1.807, 2.05) is 62.4 Å². The Kier molecular flexibility index (Phi) is 4.06. The summed E-state index contributed by atoms with van der Waals surface area (Å²) in [4.78, 5) is 12.4. The van der Waals surface area contributed by atoms with E-state index >= 15 is 0 Å². The smallest absolute Gasteiger partial charge is 0.340 e. The van der Waals surface area contributed by atoms with Crippen molar-refractivity contribution in [2.75, 3.05) is 13.7 Å². The van der Waals surface area contributed by atoms with E-state index in [9.17, 15) is 4.79 Å². The highest BCUT2D eigenvalue weighted by Crippen LogP contribution is 2.32. The van der Waals surface area contributed by atoms with Crippen LogP contribution in [0.25, 0.3) is 16.6 Å². The zero-order chi connectivity index (χ0) is 16.4. The van der Waals surface area contributed by atoms with Crippen molar-refractivity contribution < 1.29 is 14.3 Å². The van der Waals surface area contributed by atoms with Gasteiger partial charge in [-0.2, -0.15) is 0 Å². The van der Waals surface area contributed by atoms with Gasteiger partial charge in [-0.3, -0.25) is 0 Å². The first-order valence-electron chi connectivity index (χ1n) is 7.59. The zero-order valence-electron chi connectivity index (χ0n) is 13.5. The van der Waals surface area contributed by atoms with Gasteiger partial charge in [-0.05, 0) is 44.2 Å². The van der Waals surface area contributed by atoms with Gasteiger partial charge in [-0.25, -0.2) is 4.79 Å². The summed E-state index contributed by atoms with van der Waals surface area (Å²) in [5, 5.41) is 0.837. The molecule has 23 heavy (non-hydrogen) atoms. The maximum atomic E-state index is 12.4. The lowest BCUT2D eigenvalue weighted by molar-refractivity contribution is 0.0527. The van der Waals surface area contributed by atoms with Crippen molar-refractivity contribution in [1.82, 2.24) is 4.57 Å². The van der Waals surface area contributed by atoms with Gasteiger partial charge in [-0.15, -0.1) is 0 Å². The first-order chi connectivity index (χ1) is 11.2. The SMILES string of the molecule is CCOC(=O)c1c(C)n(-c2ccccc2)c2ccc(OC)cc12. The second-order valence-corrected chi connectivity index (χ2v) is 5.23. The lowest BCUT2D eigenvalue weighted by atomic mass is 10.1. The maximum Gasteiger partial charge on any atom is 0.340 e. The predicted octanol–water partition coefficient (Wildman–Crippen LogP) is 4.12. The third kappa shape index (κ3) is 2.57. The molecule has 3 aromatic rings. The number of benzene rings is 2. The third-order valence-corrected chi connectivity index (χ3v) is 3.91.